The van der Waals surface area contributed by atoms with Crippen molar-refractivity contribution in [1.29, 1.82) is 0 Å². The summed E-state index contributed by atoms with van der Waals surface area (Å²) in [7, 11) is 0. The Hall–Kier alpha value is -1.10. The molecule has 0 atom stereocenters. The highest BCUT2D eigenvalue weighted by atomic mass is 32.1. The Bertz CT molecular complexity index is 527. The van der Waals surface area contributed by atoms with Gasteiger partial charge in [-0.1, -0.05) is 46.0 Å². The standard InChI is InChI=1S/C16H26N2O2S/c1-6-16(7-2)8-9-18(10-16)14-17-12(15(3,4)5)11(21-14)13(19)20/h6-10H2,1-5H3,(H,19,20). The lowest BCUT2D eigenvalue weighted by Gasteiger charge is -2.26. The minimum atomic E-state index is -0.861. The first-order valence-corrected chi connectivity index (χ1v) is 8.53. The molecule has 0 aliphatic carbocycles. The van der Waals surface area contributed by atoms with E-state index in [4.69, 9.17) is 0 Å². The maximum Gasteiger partial charge on any atom is 0.347 e. The highest BCUT2D eigenvalue weighted by Crippen LogP contribution is 2.41. The third-order valence-corrected chi connectivity index (χ3v) is 5.83. The van der Waals surface area contributed by atoms with Crippen LogP contribution in [-0.2, 0) is 5.41 Å². The molecule has 1 aliphatic rings. The second-order valence-corrected chi connectivity index (χ2v) is 8.09. The molecule has 1 aromatic heterocycles. The van der Waals surface area contributed by atoms with Gasteiger partial charge in [-0.05, 0) is 24.7 Å². The van der Waals surface area contributed by atoms with Crippen molar-refractivity contribution in [2.24, 2.45) is 5.41 Å². The van der Waals surface area contributed by atoms with Crippen LogP contribution < -0.4 is 4.90 Å². The summed E-state index contributed by atoms with van der Waals surface area (Å²) in [5, 5.41) is 10.3. The molecule has 4 nitrogen and oxygen atoms in total. The Kier molecular flexibility index (Phi) is 4.34. The largest absolute Gasteiger partial charge is 0.477 e. The van der Waals surface area contributed by atoms with Crippen LogP contribution in [0.4, 0.5) is 5.13 Å². The van der Waals surface area contributed by atoms with Gasteiger partial charge in [0.2, 0.25) is 0 Å². The van der Waals surface area contributed by atoms with Gasteiger partial charge >= 0.3 is 5.97 Å². The molecule has 1 N–H and O–H groups in total. The van der Waals surface area contributed by atoms with E-state index in [2.05, 4.69) is 23.7 Å². The maximum absolute atomic E-state index is 11.5. The fourth-order valence-electron chi connectivity index (χ4n) is 3.02. The van der Waals surface area contributed by atoms with Crippen LogP contribution in [0.3, 0.4) is 0 Å². The predicted octanol–water partition coefficient (Wildman–Crippen LogP) is 4.16. The zero-order valence-electron chi connectivity index (χ0n) is 13.7. The zero-order valence-corrected chi connectivity index (χ0v) is 14.5. The van der Waals surface area contributed by atoms with Crippen molar-refractivity contribution in [3.8, 4) is 0 Å². The number of carbonyl (C=O) groups is 1. The number of carboxylic acid groups (broad SMARTS) is 1. The number of nitrogens with zero attached hydrogens (tertiary/aromatic N) is 2. The van der Waals surface area contributed by atoms with E-state index in [9.17, 15) is 9.90 Å². The van der Waals surface area contributed by atoms with Crippen LogP contribution in [0, 0.1) is 5.41 Å². The molecule has 0 bridgehead atoms. The molecule has 2 heterocycles. The van der Waals surface area contributed by atoms with Gasteiger partial charge in [-0.2, -0.15) is 0 Å². The Balaban J connectivity index is 2.33. The van der Waals surface area contributed by atoms with Crippen LogP contribution in [0.15, 0.2) is 0 Å². The Morgan fingerprint density at radius 1 is 1.38 bits per heavy atom. The number of aromatic nitrogens is 1. The number of carboxylic acids is 1. The van der Waals surface area contributed by atoms with E-state index in [1.54, 1.807) is 0 Å². The van der Waals surface area contributed by atoms with Crippen molar-refractivity contribution in [3.63, 3.8) is 0 Å². The van der Waals surface area contributed by atoms with Gasteiger partial charge in [0.05, 0.1) is 5.69 Å². The van der Waals surface area contributed by atoms with Crippen molar-refractivity contribution in [1.82, 2.24) is 4.98 Å². The lowest BCUT2D eigenvalue weighted by molar-refractivity contribution is 0.0699. The van der Waals surface area contributed by atoms with Gasteiger partial charge in [0.25, 0.3) is 0 Å². The van der Waals surface area contributed by atoms with Gasteiger partial charge in [0, 0.05) is 18.5 Å². The summed E-state index contributed by atoms with van der Waals surface area (Å²) in [5.74, 6) is -0.861. The molecule has 1 aromatic rings. The van der Waals surface area contributed by atoms with Gasteiger partial charge in [-0.15, -0.1) is 0 Å². The average Bonchev–Trinajstić information content (AvgIpc) is 3.03. The van der Waals surface area contributed by atoms with E-state index in [-0.39, 0.29) is 5.41 Å². The van der Waals surface area contributed by atoms with Crippen molar-refractivity contribution in [3.05, 3.63) is 10.6 Å². The van der Waals surface area contributed by atoms with Crippen LogP contribution in [0.1, 0.15) is 69.2 Å². The van der Waals surface area contributed by atoms with E-state index in [0.717, 1.165) is 18.2 Å². The lowest BCUT2D eigenvalue weighted by Crippen LogP contribution is -2.26. The van der Waals surface area contributed by atoms with Crippen molar-refractivity contribution in [2.45, 2.75) is 59.3 Å². The van der Waals surface area contributed by atoms with Crippen LogP contribution in [0.5, 0.6) is 0 Å². The molecule has 0 unspecified atom stereocenters. The van der Waals surface area contributed by atoms with Crippen LogP contribution >= 0.6 is 11.3 Å². The summed E-state index contributed by atoms with van der Waals surface area (Å²) >= 11 is 1.33. The summed E-state index contributed by atoms with van der Waals surface area (Å²) in [4.78, 5) is 18.8. The molecule has 0 saturated carbocycles. The Labute approximate surface area is 131 Å². The summed E-state index contributed by atoms with van der Waals surface area (Å²) < 4.78 is 0. The van der Waals surface area contributed by atoms with Gasteiger partial charge in [0.1, 0.15) is 4.88 Å². The third kappa shape index (κ3) is 3.07. The average molecular weight is 310 g/mol. The number of aromatic carboxylic acids is 1. The number of hydrogen-bond donors (Lipinski definition) is 1. The van der Waals surface area contributed by atoms with Crippen molar-refractivity contribution in [2.75, 3.05) is 18.0 Å². The second kappa shape index (κ2) is 5.59. The van der Waals surface area contributed by atoms with Gasteiger partial charge in [0.15, 0.2) is 5.13 Å². The molecule has 0 spiro atoms. The summed E-state index contributed by atoms with van der Waals surface area (Å²) in [6.07, 6.45) is 3.51. The smallest absolute Gasteiger partial charge is 0.347 e. The van der Waals surface area contributed by atoms with Crippen LogP contribution in [0.2, 0.25) is 0 Å². The molecule has 5 heteroatoms. The molecule has 21 heavy (non-hydrogen) atoms. The normalized spacial score (nSPS) is 18.2. The molecular formula is C16H26N2O2S. The second-order valence-electron chi connectivity index (χ2n) is 7.11. The highest BCUT2D eigenvalue weighted by Gasteiger charge is 2.37. The van der Waals surface area contributed by atoms with Gasteiger partial charge in [-0.25, -0.2) is 9.78 Å². The fourth-order valence-corrected chi connectivity index (χ4v) is 4.16. The number of anilines is 1. The van der Waals surface area contributed by atoms with Gasteiger partial charge < -0.3 is 10.0 Å². The summed E-state index contributed by atoms with van der Waals surface area (Å²) in [5.41, 5.74) is 0.839. The predicted molar refractivity (Wildman–Crippen MR) is 87.6 cm³/mol. The van der Waals surface area contributed by atoms with E-state index in [1.165, 1.54) is 30.6 Å². The topological polar surface area (TPSA) is 53.4 Å². The molecule has 1 fully saturated rings. The van der Waals surface area contributed by atoms with Crippen LogP contribution in [0.25, 0.3) is 0 Å². The van der Waals surface area contributed by atoms with Gasteiger partial charge in [-0.3, -0.25) is 0 Å². The van der Waals surface area contributed by atoms with E-state index >= 15 is 0 Å². The fraction of sp³-hybridized carbons (Fsp3) is 0.750. The lowest BCUT2D eigenvalue weighted by atomic mass is 9.82. The summed E-state index contributed by atoms with van der Waals surface area (Å²) in [6.45, 7) is 12.5. The Morgan fingerprint density at radius 3 is 2.38 bits per heavy atom. The first kappa shape index (κ1) is 16.3. The molecule has 118 valence electrons. The minimum Gasteiger partial charge on any atom is -0.477 e. The van der Waals surface area contributed by atoms with Crippen molar-refractivity contribution >= 4 is 22.4 Å². The molecular weight excluding hydrogens is 284 g/mol. The molecule has 0 amide bonds. The summed E-state index contributed by atoms with van der Waals surface area (Å²) in [6, 6.07) is 0. The van der Waals surface area contributed by atoms with E-state index in [1.807, 2.05) is 20.8 Å². The highest BCUT2D eigenvalue weighted by molar-refractivity contribution is 7.17. The molecule has 1 aliphatic heterocycles. The van der Waals surface area contributed by atoms with Crippen molar-refractivity contribution < 1.29 is 9.90 Å². The molecule has 0 aromatic carbocycles. The zero-order chi connectivity index (χ0) is 15.8. The monoisotopic (exact) mass is 310 g/mol. The first-order valence-electron chi connectivity index (χ1n) is 7.72. The first-order chi connectivity index (χ1) is 9.72. The minimum absolute atomic E-state index is 0.241. The molecule has 1 saturated heterocycles. The maximum atomic E-state index is 11.5. The third-order valence-electron chi connectivity index (χ3n) is 4.73. The number of hydrogen-bond acceptors (Lipinski definition) is 4. The quantitative estimate of drug-likeness (QED) is 0.907. The molecule has 2 rings (SSSR count). The Morgan fingerprint density at radius 2 is 2.00 bits per heavy atom. The van der Waals surface area contributed by atoms with E-state index in [0.29, 0.717) is 16.0 Å². The van der Waals surface area contributed by atoms with E-state index < -0.39 is 5.97 Å². The van der Waals surface area contributed by atoms with Crippen LogP contribution in [-0.4, -0.2) is 29.1 Å². The molecule has 0 radical (unpaired) electrons. The number of thiazole rings is 1. The SMILES string of the molecule is CCC1(CC)CCN(c2nc(C(C)(C)C)c(C(=O)O)s2)C1. The number of rotatable bonds is 4.